The van der Waals surface area contributed by atoms with Gasteiger partial charge in [0.05, 0.1) is 5.56 Å². The summed E-state index contributed by atoms with van der Waals surface area (Å²) in [4.78, 5) is 25.5. The van der Waals surface area contributed by atoms with Crippen molar-refractivity contribution in [2.24, 2.45) is 0 Å². The summed E-state index contributed by atoms with van der Waals surface area (Å²) in [7, 11) is 0. The zero-order chi connectivity index (χ0) is 19.5. The van der Waals surface area contributed by atoms with Crippen LogP contribution in [-0.2, 0) is 0 Å². The van der Waals surface area contributed by atoms with E-state index in [4.69, 9.17) is 46.4 Å². The molecule has 0 bridgehead atoms. The summed E-state index contributed by atoms with van der Waals surface area (Å²) in [6, 6.07) is 11.6. The number of hydrogen-bond donors (Lipinski definition) is 1. The minimum Gasteiger partial charge on any atom is -0.506 e. The zero-order valence-electron chi connectivity index (χ0n) is 13.3. The number of carbonyl (C=O) groups is 2. The number of benzene rings is 3. The van der Waals surface area contributed by atoms with Gasteiger partial charge in [0.25, 0.3) is 0 Å². The van der Waals surface area contributed by atoms with Gasteiger partial charge in [0.2, 0.25) is 11.6 Å². The standard InChI is InChI=1S/C20H8Cl4O3/c21-9-3-1-8(2-4-9)13-11-6-5-10(22)7-12(11)14-15(18(13)25)20(27)17(24)16(23)19(14)26/h1-7,25H. The Kier molecular flexibility index (Phi) is 4.44. The van der Waals surface area contributed by atoms with E-state index in [9.17, 15) is 14.7 Å². The van der Waals surface area contributed by atoms with Crippen LogP contribution in [0.3, 0.4) is 0 Å². The summed E-state index contributed by atoms with van der Waals surface area (Å²) < 4.78 is 0. The molecule has 0 heterocycles. The molecule has 0 saturated heterocycles. The van der Waals surface area contributed by atoms with Crippen molar-refractivity contribution in [1.82, 2.24) is 0 Å². The molecule has 0 spiro atoms. The average Bonchev–Trinajstić information content (AvgIpc) is 2.65. The maximum Gasteiger partial charge on any atom is 0.210 e. The van der Waals surface area contributed by atoms with E-state index in [-0.39, 0.29) is 21.9 Å². The van der Waals surface area contributed by atoms with E-state index in [2.05, 4.69) is 0 Å². The lowest BCUT2D eigenvalue weighted by molar-refractivity contribution is 0.0986. The zero-order valence-corrected chi connectivity index (χ0v) is 16.3. The molecule has 0 amide bonds. The van der Waals surface area contributed by atoms with E-state index in [0.29, 0.717) is 31.9 Å². The van der Waals surface area contributed by atoms with Crippen molar-refractivity contribution in [3.8, 4) is 16.9 Å². The van der Waals surface area contributed by atoms with Gasteiger partial charge in [-0.05, 0) is 40.6 Å². The second kappa shape index (κ2) is 6.54. The molecule has 3 aromatic rings. The lowest BCUT2D eigenvalue weighted by Crippen LogP contribution is -2.19. The summed E-state index contributed by atoms with van der Waals surface area (Å²) in [5.74, 6) is -1.70. The normalized spacial score (nSPS) is 14.1. The van der Waals surface area contributed by atoms with Gasteiger partial charge >= 0.3 is 0 Å². The van der Waals surface area contributed by atoms with Gasteiger partial charge in [0.1, 0.15) is 15.8 Å². The number of carbonyl (C=O) groups excluding carboxylic acids is 2. The minimum atomic E-state index is -0.717. The Bertz CT molecular complexity index is 1190. The molecular weight excluding hydrogens is 430 g/mol. The Balaban J connectivity index is 2.21. The van der Waals surface area contributed by atoms with Crippen LogP contribution in [0.1, 0.15) is 20.7 Å². The molecule has 1 aliphatic rings. The maximum absolute atomic E-state index is 12.7. The Morgan fingerprint density at radius 1 is 0.630 bits per heavy atom. The monoisotopic (exact) mass is 436 g/mol. The number of halogens is 4. The first-order valence-corrected chi connectivity index (χ1v) is 9.21. The molecule has 3 nitrogen and oxygen atoms in total. The highest BCUT2D eigenvalue weighted by molar-refractivity contribution is 6.60. The van der Waals surface area contributed by atoms with Crippen LogP contribution in [0.2, 0.25) is 10.0 Å². The predicted octanol–water partition coefficient (Wildman–Crippen LogP) is 6.59. The summed E-state index contributed by atoms with van der Waals surface area (Å²) in [5.41, 5.74) is 0.793. The van der Waals surface area contributed by atoms with E-state index >= 15 is 0 Å². The second-order valence-corrected chi connectivity index (χ2v) is 7.59. The first-order valence-electron chi connectivity index (χ1n) is 7.70. The van der Waals surface area contributed by atoms with Gasteiger partial charge in [-0.25, -0.2) is 0 Å². The Labute approximate surface area is 173 Å². The average molecular weight is 438 g/mol. The molecule has 4 rings (SSSR count). The number of allylic oxidation sites excluding steroid dienone is 2. The fourth-order valence-electron chi connectivity index (χ4n) is 3.23. The van der Waals surface area contributed by atoms with Crippen LogP contribution in [-0.4, -0.2) is 16.7 Å². The van der Waals surface area contributed by atoms with Gasteiger partial charge in [0, 0.05) is 21.2 Å². The second-order valence-electron chi connectivity index (χ2n) is 5.96. The molecular formula is C20H8Cl4O3. The van der Waals surface area contributed by atoms with Crippen LogP contribution in [0.25, 0.3) is 21.9 Å². The van der Waals surface area contributed by atoms with Gasteiger partial charge in [0.15, 0.2) is 0 Å². The molecule has 0 aliphatic heterocycles. The van der Waals surface area contributed by atoms with E-state index in [0.717, 1.165) is 0 Å². The third kappa shape index (κ3) is 2.74. The highest BCUT2D eigenvalue weighted by Crippen LogP contribution is 2.46. The molecule has 0 radical (unpaired) electrons. The van der Waals surface area contributed by atoms with Crippen LogP contribution < -0.4 is 0 Å². The van der Waals surface area contributed by atoms with Crippen LogP contribution in [0, 0.1) is 0 Å². The molecule has 7 heteroatoms. The number of hydrogen-bond acceptors (Lipinski definition) is 3. The number of phenols is 1. The largest absolute Gasteiger partial charge is 0.506 e. The number of phenolic OH excluding ortho intramolecular Hbond substituents is 1. The summed E-state index contributed by atoms with van der Waals surface area (Å²) in [6.07, 6.45) is 0. The summed E-state index contributed by atoms with van der Waals surface area (Å²) in [6.45, 7) is 0. The van der Waals surface area contributed by atoms with E-state index < -0.39 is 16.6 Å². The van der Waals surface area contributed by atoms with Crippen molar-refractivity contribution in [2.75, 3.05) is 0 Å². The third-order valence-electron chi connectivity index (χ3n) is 4.42. The third-order valence-corrected chi connectivity index (χ3v) is 5.73. The predicted molar refractivity (Wildman–Crippen MR) is 108 cm³/mol. The van der Waals surface area contributed by atoms with Crippen LogP contribution >= 0.6 is 46.4 Å². The minimum absolute atomic E-state index is 0.0119. The first-order chi connectivity index (χ1) is 12.8. The fraction of sp³-hybridized carbons (Fsp3) is 0. The van der Waals surface area contributed by atoms with E-state index in [1.165, 1.54) is 0 Å². The molecule has 0 atom stereocenters. The Morgan fingerprint density at radius 2 is 1.19 bits per heavy atom. The van der Waals surface area contributed by atoms with Crippen molar-refractivity contribution < 1.29 is 14.7 Å². The topological polar surface area (TPSA) is 54.4 Å². The lowest BCUT2D eigenvalue weighted by atomic mass is 9.84. The molecule has 1 N–H and O–H groups in total. The SMILES string of the molecule is O=C1C(Cl)=C(Cl)C(=O)c2c1c(O)c(-c1ccc(Cl)cc1)c1ccc(Cl)cc21. The van der Waals surface area contributed by atoms with Crippen LogP contribution in [0.5, 0.6) is 5.75 Å². The quantitative estimate of drug-likeness (QED) is 0.467. The summed E-state index contributed by atoms with van der Waals surface area (Å²) in [5, 5.41) is 12.0. The van der Waals surface area contributed by atoms with Gasteiger partial charge in [-0.15, -0.1) is 0 Å². The maximum atomic E-state index is 12.7. The van der Waals surface area contributed by atoms with Crippen molar-refractivity contribution >= 4 is 68.7 Å². The van der Waals surface area contributed by atoms with Gasteiger partial charge < -0.3 is 5.11 Å². The van der Waals surface area contributed by atoms with Crippen molar-refractivity contribution in [3.05, 3.63) is 73.7 Å². The number of rotatable bonds is 1. The molecule has 27 heavy (non-hydrogen) atoms. The van der Waals surface area contributed by atoms with Crippen molar-refractivity contribution in [1.29, 1.82) is 0 Å². The molecule has 134 valence electrons. The van der Waals surface area contributed by atoms with E-state index in [1.54, 1.807) is 42.5 Å². The Hall–Kier alpha value is -2.04. The smallest absolute Gasteiger partial charge is 0.210 e. The number of Topliss-reactive ketones (excluding diaryl/α,β-unsaturated/α-hetero) is 2. The number of fused-ring (bicyclic) bond motifs is 3. The van der Waals surface area contributed by atoms with Crippen molar-refractivity contribution in [3.63, 3.8) is 0 Å². The molecule has 1 aliphatic carbocycles. The molecule has 0 fully saturated rings. The van der Waals surface area contributed by atoms with Gasteiger partial charge in [-0.1, -0.05) is 64.6 Å². The fourth-order valence-corrected chi connectivity index (χ4v) is 3.89. The number of ketones is 2. The Morgan fingerprint density at radius 3 is 1.81 bits per heavy atom. The highest BCUT2D eigenvalue weighted by atomic mass is 35.5. The van der Waals surface area contributed by atoms with Crippen molar-refractivity contribution in [2.45, 2.75) is 0 Å². The summed E-state index contributed by atoms with van der Waals surface area (Å²) >= 11 is 24.0. The molecule has 0 aromatic heterocycles. The molecule has 3 aromatic carbocycles. The molecule has 0 unspecified atom stereocenters. The van der Waals surface area contributed by atoms with Gasteiger partial charge in [-0.3, -0.25) is 9.59 Å². The van der Waals surface area contributed by atoms with E-state index in [1.807, 2.05) is 0 Å². The highest BCUT2D eigenvalue weighted by Gasteiger charge is 2.36. The first kappa shape index (κ1) is 18.3. The lowest BCUT2D eigenvalue weighted by Gasteiger charge is -2.21. The van der Waals surface area contributed by atoms with Crippen LogP contribution in [0.4, 0.5) is 0 Å². The molecule has 0 saturated carbocycles. The van der Waals surface area contributed by atoms with Crippen LogP contribution in [0.15, 0.2) is 52.5 Å². The van der Waals surface area contributed by atoms with Gasteiger partial charge in [-0.2, -0.15) is 0 Å². The number of aromatic hydroxyl groups is 1.